The van der Waals surface area contributed by atoms with Crippen LogP contribution in [-0.2, 0) is 9.59 Å². The van der Waals surface area contributed by atoms with Crippen molar-refractivity contribution in [2.24, 2.45) is 10.8 Å². The number of urea groups is 1. The second-order valence-electron chi connectivity index (χ2n) is 5.77. The van der Waals surface area contributed by atoms with Gasteiger partial charge in [0.25, 0.3) is 11.8 Å². The molecule has 1 aromatic heterocycles. The minimum atomic E-state index is -0.972. The fourth-order valence-electron chi connectivity index (χ4n) is 2.35. The Bertz CT molecular complexity index is 954. The van der Waals surface area contributed by atoms with Crippen LogP contribution in [0.25, 0.3) is 11.3 Å². The van der Waals surface area contributed by atoms with Gasteiger partial charge in [0, 0.05) is 5.56 Å². The zero-order valence-corrected chi connectivity index (χ0v) is 15.6. The highest BCUT2D eigenvalue weighted by Crippen LogP contribution is 2.29. The van der Waals surface area contributed by atoms with E-state index in [2.05, 4.69) is 5.10 Å². The molecule has 27 heavy (non-hydrogen) atoms. The van der Waals surface area contributed by atoms with Gasteiger partial charge in [-0.1, -0.05) is 23.2 Å². The van der Waals surface area contributed by atoms with Crippen LogP contribution in [0.1, 0.15) is 12.7 Å². The largest absolute Gasteiger partial charge is 0.455 e. The molecule has 8 nitrogen and oxygen atoms in total. The number of hydrazone groups is 1. The number of hydrogen-bond acceptors (Lipinski definition) is 6. The number of hydrogen-bond donors (Lipinski definition) is 1. The topological polar surface area (TPSA) is 109 Å². The summed E-state index contributed by atoms with van der Waals surface area (Å²) in [6.45, 7) is 1.04. The summed E-state index contributed by atoms with van der Waals surface area (Å²) in [5.41, 5.74) is 6.16. The van der Waals surface area contributed by atoms with E-state index in [-0.39, 0.29) is 6.54 Å². The van der Waals surface area contributed by atoms with Gasteiger partial charge in [0.2, 0.25) is 0 Å². The normalized spacial score (nSPS) is 15.9. The second kappa shape index (κ2) is 7.51. The van der Waals surface area contributed by atoms with Crippen LogP contribution < -0.4 is 5.73 Å². The highest BCUT2D eigenvalue weighted by Gasteiger charge is 2.41. The van der Waals surface area contributed by atoms with Gasteiger partial charge in [-0.3, -0.25) is 9.59 Å². The maximum Gasteiger partial charge on any atom is 0.354 e. The van der Waals surface area contributed by atoms with Gasteiger partial charge < -0.3 is 10.2 Å². The predicted octanol–water partition coefficient (Wildman–Crippen LogP) is 2.73. The first kappa shape index (κ1) is 19.1. The third kappa shape index (κ3) is 3.87. The quantitative estimate of drug-likeness (QED) is 0.617. The third-order valence-electron chi connectivity index (χ3n) is 3.71. The molecule has 2 heterocycles. The summed E-state index contributed by atoms with van der Waals surface area (Å²) in [5.74, 6) is -0.598. The van der Waals surface area contributed by atoms with E-state index >= 15 is 0 Å². The molecule has 1 aliphatic heterocycles. The molecule has 10 heteroatoms. The van der Waals surface area contributed by atoms with Gasteiger partial charge in [0.1, 0.15) is 18.1 Å². The lowest BCUT2D eigenvalue weighted by molar-refractivity contribution is -0.139. The van der Waals surface area contributed by atoms with Crippen LogP contribution in [0.5, 0.6) is 0 Å². The Morgan fingerprint density at radius 3 is 2.67 bits per heavy atom. The Morgan fingerprint density at radius 2 is 2.00 bits per heavy atom. The Hall–Kier alpha value is -2.68. The number of nitrogens with zero attached hydrogens (tertiary/aromatic N) is 3. The van der Waals surface area contributed by atoms with Gasteiger partial charge in [-0.05, 0) is 37.3 Å². The summed E-state index contributed by atoms with van der Waals surface area (Å²) >= 11 is 11.9. The molecule has 1 unspecified atom stereocenters. The molecule has 3 rings (SSSR count). The monoisotopic (exact) mass is 408 g/mol. The molecule has 1 fully saturated rings. The fourth-order valence-corrected chi connectivity index (χ4v) is 2.65. The van der Waals surface area contributed by atoms with E-state index in [1.54, 1.807) is 30.3 Å². The Labute approximate surface area is 164 Å². The van der Waals surface area contributed by atoms with Gasteiger partial charge in [-0.15, -0.1) is 0 Å². The number of furan rings is 1. The Balaban J connectivity index is 1.75. The molecule has 0 saturated carbocycles. The van der Waals surface area contributed by atoms with Gasteiger partial charge in [0.05, 0.1) is 22.3 Å². The standard InChI is InChI=1S/C17H14Cl2N4O4/c1-9(20)16(25)23-15(24)8-22(17(23)26)21-7-11-3-5-14(27-11)10-2-4-12(18)13(19)6-10/h2-7,9H,8,20H2,1H3/b21-7+. The van der Waals surface area contributed by atoms with Crippen molar-refractivity contribution in [3.8, 4) is 11.3 Å². The van der Waals surface area contributed by atoms with Gasteiger partial charge >= 0.3 is 6.03 Å². The molecule has 1 saturated heterocycles. The minimum absolute atomic E-state index is 0.341. The average molecular weight is 409 g/mol. The number of carbonyl (C=O) groups is 3. The van der Waals surface area contributed by atoms with Gasteiger partial charge in [0.15, 0.2) is 0 Å². The minimum Gasteiger partial charge on any atom is -0.455 e. The lowest BCUT2D eigenvalue weighted by atomic mass is 10.2. The predicted molar refractivity (Wildman–Crippen MR) is 99.4 cm³/mol. The third-order valence-corrected chi connectivity index (χ3v) is 4.45. The molecule has 0 aliphatic carbocycles. The summed E-state index contributed by atoms with van der Waals surface area (Å²) in [6, 6.07) is 6.56. The molecule has 0 bridgehead atoms. The van der Waals surface area contributed by atoms with Crippen molar-refractivity contribution in [1.82, 2.24) is 9.91 Å². The molecule has 2 N–H and O–H groups in total. The van der Waals surface area contributed by atoms with Crippen molar-refractivity contribution in [2.75, 3.05) is 6.54 Å². The van der Waals surface area contributed by atoms with Gasteiger partial charge in [-0.2, -0.15) is 10.0 Å². The highest BCUT2D eigenvalue weighted by molar-refractivity contribution is 6.42. The molecular formula is C17H14Cl2N4O4. The summed E-state index contributed by atoms with van der Waals surface area (Å²) in [4.78, 5) is 36.4. The average Bonchev–Trinajstić information content (AvgIpc) is 3.19. The molecular weight excluding hydrogens is 395 g/mol. The maximum atomic E-state index is 12.2. The van der Waals surface area contributed by atoms with Crippen LogP contribution in [0.2, 0.25) is 10.0 Å². The van der Waals surface area contributed by atoms with E-state index in [0.717, 1.165) is 5.01 Å². The maximum absolute atomic E-state index is 12.2. The lowest BCUT2D eigenvalue weighted by Gasteiger charge is -2.13. The summed E-state index contributed by atoms with van der Waals surface area (Å²) < 4.78 is 5.62. The van der Waals surface area contributed by atoms with Crippen molar-refractivity contribution in [3.63, 3.8) is 0 Å². The summed E-state index contributed by atoms with van der Waals surface area (Å²) in [5, 5.41) is 5.60. The van der Waals surface area contributed by atoms with Crippen LogP contribution in [-0.4, -0.2) is 46.6 Å². The van der Waals surface area contributed by atoms with Crippen LogP contribution in [0.3, 0.4) is 0 Å². The molecule has 0 spiro atoms. The highest BCUT2D eigenvalue weighted by atomic mass is 35.5. The molecule has 1 atom stereocenters. The van der Waals surface area contributed by atoms with Gasteiger partial charge in [-0.25, -0.2) is 9.80 Å². The number of halogens is 2. The number of nitrogens with two attached hydrogens (primary N) is 1. The number of amides is 4. The first-order valence-corrected chi connectivity index (χ1v) is 8.56. The van der Waals surface area contributed by atoms with Crippen LogP contribution in [0.15, 0.2) is 39.9 Å². The molecule has 2 aromatic rings. The molecule has 0 radical (unpaired) electrons. The summed E-state index contributed by atoms with van der Waals surface area (Å²) in [6.07, 6.45) is 1.27. The zero-order valence-electron chi connectivity index (χ0n) is 14.1. The Morgan fingerprint density at radius 1 is 1.26 bits per heavy atom. The van der Waals surface area contributed by atoms with Crippen LogP contribution >= 0.6 is 23.2 Å². The molecule has 1 aromatic carbocycles. The fraction of sp³-hybridized carbons (Fsp3) is 0.176. The smallest absolute Gasteiger partial charge is 0.354 e. The van der Waals surface area contributed by atoms with Crippen molar-refractivity contribution in [3.05, 3.63) is 46.1 Å². The first-order valence-electron chi connectivity index (χ1n) is 7.81. The SMILES string of the molecule is CC(N)C(=O)N1C(=O)CN(/N=C/c2ccc(-c3ccc(Cl)c(Cl)c3)o2)C1=O. The second-order valence-corrected chi connectivity index (χ2v) is 6.59. The lowest BCUT2D eigenvalue weighted by Crippen LogP contribution is -2.45. The van der Waals surface area contributed by atoms with E-state index in [1.165, 1.54) is 13.1 Å². The number of imide groups is 3. The molecule has 140 valence electrons. The molecule has 4 amide bonds. The van der Waals surface area contributed by atoms with Crippen LogP contribution in [0, 0.1) is 0 Å². The van der Waals surface area contributed by atoms with Crippen molar-refractivity contribution in [2.45, 2.75) is 13.0 Å². The van der Waals surface area contributed by atoms with E-state index in [4.69, 9.17) is 33.4 Å². The van der Waals surface area contributed by atoms with E-state index in [9.17, 15) is 14.4 Å². The van der Waals surface area contributed by atoms with Crippen molar-refractivity contribution < 1.29 is 18.8 Å². The van der Waals surface area contributed by atoms with Crippen LogP contribution in [0.4, 0.5) is 4.79 Å². The molecule has 1 aliphatic rings. The van der Waals surface area contributed by atoms with E-state index < -0.39 is 23.9 Å². The zero-order chi connectivity index (χ0) is 19.7. The number of benzene rings is 1. The van der Waals surface area contributed by atoms with Crippen molar-refractivity contribution >= 4 is 47.3 Å². The first-order chi connectivity index (χ1) is 12.8. The number of carbonyl (C=O) groups excluding carboxylic acids is 3. The van der Waals surface area contributed by atoms with Crippen molar-refractivity contribution in [1.29, 1.82) is 0 Å². The Kier molecular flexibility index (Phi) is 5.31. The van der Waals surface area contributed by atoms with E-state index in [0.29, 0.717) is 32.0 Å². The van der Waals surface area contributed by atoms with E-state index in [1.807, 2.05) is 0 Å². The summed E-state index contributed by atoms with van der Waals surface area (Å²) in [7, 11) is 0. The number of rotatable bonds is 4.